The molecule has 0 bridgehead atoms. The highest BCUT2D eigenvalue weighted by Crippen LogP contribution is 2.18. The normalized spacial score (nSPS) is 12.1. The Morgan fingerprint density at radius 1 is 1.00 bits per heavy atom. The van der Waals surface area contributed by atoms with Gasteiger partial charge in [0.2, 0.25) is 15.9 Å². The number of nitriles is 1. The first kappa shape index (κ1) is 22.0. The van der Waals surface area contributed by atoms with E-state index in [0.29, 0.717) is 11.1 Å². The monoisotopic (exact) mass is 437 g/mol. The van der Waals surface area contributed by atoms with Crippen LogP contribution in [0.1, 0.15) is 11.1 Å². The van der Waals surface area contributed by atoms with Gasteiger partial charge in [-0.05, 0) is 40.6 Å². The van der Waals surface area contributed by atoms with E-state index >= 15 is 0 Å². The molecule has 3 aromatic rings. The smallest absolute Gasteiger partial charge is 0.326 e. The molecule has 0 radical (unpaired) electrons. The van der Waals surface area contributed by atoms with E-state index < -0.39 is 34.5 Å². The van der Waals surface area contributed by atoms with Crippen molar-refractivity contribution in [3.8, 4) is 6.07 Å². The molecule has 0 aliphatic rings. The van der Waals surface area contributed by atoms with E-state index in [-0.39, 0.29) is 11.3 Å². The number of carbonyl (C=O) groups excluding carboxylic acids is 1. The number of carbonyl (C=O) groups is 2. The predicted molar refractivity (Wildman–Crippen MR) is 114 cm³/mol. The molecule has 0 fully saturated rings. The number of fused-ring (bicyclic) bond motifs is 1. The van der Waals surface area contributed by atoms with Crippen LogP contribution in [0.5, 0.6) is 0 Å². The molecule has 0 unspecified atom stereocenters. The van der Waals surface area contributed by atoms with E-state index in [1.807, 2.05) is 18.2 Å². The Bertz CT molecular complexity index is 1280. The molecule has 3 rings (SSSR count). The molecule has 0 aliphatic carbocycles. The number of nitrogens with one attached hydrogen (secondary N) is 2. The van der Waals surface area contributed by atoms with Gasteiger partial charge >= 0.3 is 5.97 Å². The van der Waals surface area contributed by atoms with Gasteiger partial charge in [0.1, 0.15) is 6.04 Å². The number of rotatable bonds is 8. The number of amides is 1. The number of hydrogen-bond donors (Lipinski definition) is 3. The first-order valence-electron chi connectivity index (χ1n) is 9.28. The lowest BCUT2D eigenvalue weighted by Crippen LogP contribution is -2.46. The van der Waals surface area contributed by atoms with Crippen LogP contribution in [0.4, 0.5) is 0 Å². The molecule has 31 heavy (non-hydrogen) atoms. The zero-order chi connectivity index (χ0) is 22.4. The molecule has 8 nitrogen and oxygen atoms in total. The van der Waals surface area contributed by atoms with E-state index in [1.54, 1.807) is 36.4 Å². The minimum atomic E-state index is -3.97. The Kier molecular flexibility index (Phi) is 6.65. The van der Waals surface area contributed by atoms with E-state index in [2.05, 4.69) is 10.0 Å². The van der Waals surface area contributed by atoms with Crippen LogP contribution < -0.4 is 10.0 Å². The molecule has 1 atom stereocenters. The molecule has 0 saturated heterocycles. The van der Waals surface area contributed by atoms with Crippen molar-refractivity contribution < 1.29 is 23.1 Å². The van der Waals surface area contributed by atoms with E-state index in [4.69, 9.17) is 5.26 Å². The summed E-state index contributed by atoms with van der Waals surface area (Å²) in [6, 6.07) is 18.9. The van der Waals surface area contributed by atoms with Crippen LogP contribution in [-0.4, -0.2) is 38.0 Å². The average Bonchev–Trinajstić information content (AvgIpc) is 2.77. The fourth-order valence-electron chi connectivity index (χ4n) is 3.03. The zero-order valence-corrected chi connectivity index (χ0v) is 17.1. The Balaban J connectivity index is 1.65. The lowest BCUT2D eigenvalue weighted by Gasteiger charge is -2.15. The molecule has 3 N–H and O–H groups in total. The Morgan fingerprint density at radius 2 is 1.74 bits per heavy atom. The van der Waals surface area contributed by atoms with Gasteiger partial charge in [-0.1, -0.05) is 42.5 Å². The third kappa shape index (κ3) is 5.66. The van der Waals surface area contributed by atoms with Crippen LogP contribution in [0, 0.1) is 11.3 Å². The SMILES string of the molecule is N#Cc1cccc(C[C@H](NC(=O)CNS(=O)(=O)c2ccc3ccccc3c2)C(=O)O)c1. The maximum absolute atomic E-state index is 12.5. The van der Waals surface area contributed by atoms with Crippen molar-refractivity contribution >= 4 is 32.7 Å². The highest BCUT2D eigenvalue weighted by atomic mass is 32.2. The van der Waals surface area contributed by atoms with Crippen LogP contribution in [0.25, 0.3) is 10.8 Å². The van der Waals surface area contributed by atoms with Gasteiger partial charge in [0.05, 0.1) is 23.1 Å². The molecule has 0 aliphatic heterocycles. The summed E-state index contributed by atoms with van der Waals surface area (Å²) in [4.78, 5) is 23.7. The van der Waals surface area contributed by atoms with Gasteiger partial charge in [0.25, 0.3) is 0 Å². The predicted octanol–water partition coefficient (Wildman–Crippen LogP) is 1.80. The van der Waals surface area contributed by atoms with Crippen LogP contribution in [0.2, 0.25) is 0 Å². The van der Waals surface area contributed by atoms with Crippen LogP contribution >= 0.6 is 0 Å². The van der Waals surface area contributed by atoms with Crippen molar-refractivity contribution in [2.45, 2.75) is 17.4 Å². The topological polar surface area (TPSA) is 136 Å². The molecule has 0 aromatic heterocycles. The van der Waals surface area contributed by atoms with E-state index in [0.717, 1.165) is 10.8 Å². The van der Waals surface area contributed by atoms with E-state index in [9.17, 15) is 23.1 Å². The summed E-state index contributed by atoms with van der Waals surface area (Å²) in [6.45, 7) is -0.614. The lowest BCUT2D eigenvalue weighted by atomic mass is 10.0. The Morgan fingerprint density at radius 3 is 2.45 bits per heavy atom. The first-order valence-corrected chi connectivity index (χ1v) is 10.8. The molecule has 9 heteroatoms. The van der Waals surface area contributed by atoms with E-state index in [1.165, 1.54) is 18.2 Å². The molecule has 158 valence electrons. The van der Waals surface area contributed by atoms with Gasteiger partial charge < -0.3 is 10.4 Å². The van der Waals surface area contributed by atoms with Gasteiger partial charge in [-0.15, -0.1) is 0 Å². The zero-order valence-electron chi connectivity index (χ0n) is 16.3. The maximum atomic E-state index is 12.5. The van der Waals surface area contributed by atoms with Gasteiger partial charge in [-0.25, -0.2) is 17.9 Å². The fourth-order valence-corrected chi connectivity index (χ4v) is 4.04. The Hall–Kier alpha value is -3.74. The molecular formula is C22H19N3O5S. The largest absolute Gasteiger partial charge is 0.480 e. The summed E-state index contributed by atoms with van der Waals surface area (Å²) >= 11 is 0. The molecule has 3 aromatic carbocycles. The average molecular weight is 437 g/mol. The quantitative estimate of drug-likeness (QED) is 0.492. The summed E-state index contributed by atoms with van der Waals surface area (Å²) < 4.78 is 27.2. The highest BCUT2D eigenvalue weighted by Gasteiger charge is 2.22. The molecule has 0 saturated carbocycles. The summed E-state index contributed by atoms with van der Waals surface area (Å²) in [5.74, 6) is -2.05. The second-order valence-electron chi connectivity index (χ2n) is 6.81. The standard InChI is InChI=1S/C22H19N3O5S/c23-13-16-5-3-4-15(10-16)11-20(22(27)28)25-21(26)14-24-31(29,30)19-9-8-17-6-1-2-7-18(17)12-19/h1-10,12,20,24H,11,14H2,(H,25,26)(H,27,28)/t20-/m0/s1. The van der Waals surface area contributed by atoms with Crippen molar-refractivity contribution in [2.24, 2.45) is 0 Å². The number of hydrogen-bond acceptors (Lipinski definition) is 5. The molecule has 1 amide bonds. The Labute approximate surface area is 179 Å². The summed E-state index contributed by atoms with van der Waals surface area (Å²) in [5.41, 5.74) is 0.930. The van der Waals surface area contributed by atoms with Crippen molar-refractivity contribution in [1.29, 1.82) is 5.26 Å². The van der Waals surface area contributed by atoms with Gasteiger partial charge in [-0.2, -0.15) is 5.26 Å². The third-order valence-electron chi connectivity index (χ3n) is 4.58. The highest BCUT2D eigenvalue weighted by molar-refractivity contribution is 7.89. The van der Waals surface area contributed by atoms with Gasteiger partial charge in [0.15, 0.2) is 0 Å². The minimum absolute atomic E-state index is 0.00195. The number of sulfonamides is 1. The van der Waals surface area contributed by atoms with Crippen molar-refractivity contribution in [1.82, 2.24) is 10.0 Å². The number of carboxylic acid groups (broad SMARTS) is 1. The molecular weight excluding hydrogens is 418 g/mol. The summed E-state index contributed by atoms with van der Waals surface area (Å²) in [7, 11) is -3.97. The molecule has 0 heterocycles. The van der Waals surface area contributed by atoms with Crippen LogP contribution in [0.15, 0.2) is 71.6 Å². The minimum Gasteiger partial charge on any atom is -0.480 e. The van der Waals surface area contributed by atoms with Gasteiger partial charge in [0, 0.05) is 6.42 Å². The summed E-state index contributed by atoms with van der Waals surface area (Å²) in [5, 5.41) is 22.3. The summed E-state index contributed by atoms with van der Waals surface area (Å²) in [6.07, 6.45) is -0.0476. The second kappa shape index (κ2) is 9.38. The number of nitrogens with zero attached hydrogens (tertiary/aromatic N) is 1. The van der Waals surface area contributed by atoms with Crippen LogP contribution in [-0.2, 0) is 26.0 Å². The van der Waals surface area contributed by atoms with Gasteiger partial charge in [-0.3, -0.25) is 4.79 Å². The molecule has 0 spiro atoms. The number of benzene rings is 3. The maximum Gasteiger partial charge on any atom is 0.326 e. The number of carboxylic acids is 1. The van der Waals surface area contributed by atoms with Crippen LogP contribution in [0.3, 0.4) is 0 Å². The van der Waals surface area contributed by atoms with Crippen molar-refractivity contribution in [2.75, 3.05) is 6.54 Å². The first-order chi connectivity index (χ1) is 14.8. The number of aliphatic carboxylic acids is 1. The van der Waals surface area contributed by atoms with Crippen molar-refractivity contribution in [3.05, 3.63) is 77.9 Å². The fraction of sp³-hybridized carbons (Fsp3) is 0.136. The lowest BCUT2D eigenvalue weighted by molar-refractivity contribution is -0.141. The van der Waals surface area contributed by atoms with Crippen molar-refractivity contribution in [3.63, 3.8) is 0 Å². The second-order valence-corrected chi connectivity index (χ2v) is 8.58. The third-order valence-corrected chi connectivity index (χ3v) is 5.98.